The number of nitrogens with two attached hydrogens (primary N) is 1. The van der Waals surface area contributed by atoms with E-state index >= 15 is 0 Å². The maximum absolute atomic E-state index is 12.4. The average Bonchev–Trinajstić information content (AvgIpc) is 2.65. The third-order valence-electron chi connectivity index (χ3n) is 5.28. The predicted molar refractivity (Wildman–Crippen MR) is 106 cm³/mol. The van der Waals surface area contributed by atoms with Crippen molar-refractivity contribution in [1.29, 1.82) is 0 Å². The third-order valence-corrected chi connectivity index (χ3v) is 5.28. The highest BCUT2D eigenvalue weighted by Crippen LogP contribution is 2.31. The molecule has 0 aliphatic carbocycles. The van der Waals surface area contributed by atoms with Crippen molar-refractivity contribution in [3.05, 3.63) is 24.3 Å². The van der Waals surface area contributed by atoms with Gasteiger partial charge in [0, 0.05) is 51.5 Å². The molecule has 0 bridgehead atoms. The van der Waals surface area contributed by atoms with Gasteiger partial charge < -0.3 is 20.1 Å². The minimum absolute atomic E-state index is 0.0234. The van der Waals surface area contributed by atoms with Gasteiger partial charge in [-0.3, -0.25) is 14.5 Å². The molecular weight excluding hydrogens is 358 g/mol. The number of hydrogen-bond donors (Lipinski definition) is 1. The van der Waals surface area contributed by atoms with Crippen LogP contribution in [0.1, 0.15) is 33.1 Å². The Morgan fingerprint density at radius 1 is 1.21 bits per heavy atom. The van der Waals surface area contributed by atoms with E-state index in [2.05, 4.69) is 4.90 Å². The van der Waals surface area contributed by atoms with Crippen molar-refractivity contribution in [1.82, 2.24) is 9.80 Å². The Labute approximate surface area is 166 Å². The van der Waals surface area contributed by atoms with Crippen LogP contribution >= 0.6 is 0 Å². The van der Waals surface area contributed by atoms with Gasteiger partial charge in [0.15, 0.2) is 11.5 Å². The van der Waals surface area contributed by atoms with Crippen LogP contribution in [0.5, 0.6) is 11.5 Å². The summed E-state index contributed by atoms with van der Waals surface area (Å²) in [6.45, 7) is 7.36. The van der Waals surface area contributed by atoms with Gasteiger partial charge in [-0.25, -0.2) is 0 Å². The minimum atomic E-state index is -0.334. The van der Waals surface area contributed by atoms with Gasteiger partial charge >= 0.3 is 0 Å². The van der Waals surface area contributed by atoms with Gasteiger partial charge in [-0.1, -0.05) is 26.0 Å². The Morgan fingerprint density at radius 3 is 2.68 bits per heavy atom. The van der Waals surface area contributed by atoms with Crippen LogP contribution in [0.4, 0.5) is 0 Å². The van der Waals surface area contributed by atoms with E-state index in [1.54, 1.807) is 0 Å². The number of carbonyl (C=O) groups excluding carboxylic acids is 2. The minimum Gasteiger partial charge on any atom is -0.486 e. The lowest BCUT2D eigenvalue weighted by Crippen LogP contribution is -2.56. The summed E-state index contributed by atoms with van der Waals surface area (Å²) < 4.78 is 11.8. The summed E-state index contributed by atoms with van der Waals surface area (Å²) in [5.74, 6) is 1.70. The van der Waals surface area contributed by atoms with Crippen LogP contribution in [0.2, 0.25) is 0 Å². The van der Waals surface area contributed by atoms with Crippen LogP contribution in [-0.4, -0.2) is 66.5 Å². The van der Waals surface area contributed by atoms with E-state index in [4.69, 9.17) is 15.2 Å². The molecule has 0 saturated carbocycles. The molecule has 2 aliphatic rings. The number of benzene rings is 1. The maximum atomic E-state index is 12.4. The number of nitrogens with zero attached hydrogens (tertiary/aromatic N) is 2. The Hall–Kier alpha value is -2.28. The van der Waals surface area contributed by atoms with E-state index in [-0.39, 0.29) is 30.4 Å². The second-order valence-corrected chi connectivity index (χ2v) is 8.08. The van der Waals surface area contributed by atoms with Crippen molar-refractivity contribution in [3.8, 4) is 11.5 Å². The Morgan fingerprint density at radius 2 is 1.96 bits per heavy atom. The number of ether oxygens (including phenoxy) is 2. The first-order valence-corrected chi connectivity index (χ1v) is 10.1. The van der Waals surface area contributed by atoms with Crippen LogP contribution in [0.25, 0.3) is 0 Å². The van der Waals surface area contributed by atoms with Crippen molar-refractivity contribution < 1.29 is 19.1 Å². The molecule has 2 N–H and O–H groups in total. The first-order chi connectivity index (χ1) is 13.4. The zero-order valence-corrected chi connectivity index (χ0v) is 16.8. The van der Waals surface area contributed by atoms with E-state index in [9.17, 15) is 9.59 Å². The highest BCUT2D eigenvalue weighted by molar-refractivity contribution is 5.77. The molecule has 2 aliphatic heterocycles. The normalized spacial score (nSPS) is 22.3. The number of carbonyl (C=O) groups is 2. The molecule has 2 amide bonds. The van der Waals surface area contributed by atoms with Crippen molar-refractivity contribution >= 4 is 11.8 Å². The van der Waals surface area contributed by atoms with Gasteiger partial charge in [-0.15, -0.1) is 0 Å². The Kier molecular flexibility index (Phi) is 6.78. The molecule has 1 saturated heterocycles. The lowest BCUT2D eigenvalue weighted by atomic mass is 10.0. The van der Waals surface area contributed by atoms with E-state index in [0.29, 0.717) is 32.0 Å². The zero-order chi connectivity index (χ0) is 20.1. The topological polar surface area (TPSA) is 85.1 Å². The van der Waals surface area contributed by atoms with Crippen LogP contribution < -0.4 is 15.2 Å². The molecule has 1 fully saturated rings. The molecule has 154 valence electrons. The zero-order valence-electron chi connectivity index (χ0n) is 16.8. The molecule has 1 aromatic carbocycles. The number of piperazine rings is 1. The van der Waals surface area contributed by atoms with Gasteiger partial charge in [0.2, 0.25) is 11.8 Å². The summed E-state index contributed by atoms with van der Waals surface area (Å²) >= 11 is 0. The lowest BCUT2D eigenvalue weighted by molar-refractivity contribution is -0.136. The summed E-state index contributed by atoms with van der Waals surface area (Å²) in [5.41, 5.74) is 5.47. The summed E-state index contributed by atoms with van der Waals surface area (Å²) in [6.07, 6.45) is 1.57. The van der Waals surface area contributed by atoms with E-state index < -0.39 is 0 Å². The molecule has 28 heavy (non-hydrogen) atoms. The van der Waals surface area contributed by atoms with Gasteiger partial charge in [0.05, 0.1) is 0 Å². The molecule has 0 radical (unpaired) electrons. The number of rotatable bonds is 7. The van der Waals surface area contributed by atoms with Gasteiger partial charge in [0.25, 0.3) is 0 Å². The summed E-state index contributed by atoms with van der Waals surface area (Å²) in [4.78, 5) is 28.1. The van der Waals surface area contributed by atoms with Gasteiger partial charge in [0.1, 0.15) is 12.7 Å². The summed E-state index contributed by atoms with van der Waals surface area (Å²) in [7, 11) is 0. The van der Waals surface area contributed by atoms with Crippen molar-refractivity contribution in [2.75, 3.05) is 32.8 Å². The Bertz CT molecular complexity index is 694. The van der Waals surface area contributed by atoms with Gasteiger partial charge in [-0.05, 0) is 18.1 Å². The fourth-order valence-corrected chi connectivity index (χ4v) is 3.83. The maximum Gasteiger partial charge on any atom is 0.222 e. The molecular formula is C21H31N3O4. The fourth-order valence-electron chi connectivity index (χ4n) is 3.83. The molecule has 3 rings (SSSR count). The molecule has 0 spiro atoms. The number of fused-ring (bicyclic) bond motifs is 1. The second kappa shape index (κ2) is 9.28. The van der Waals surface area contributed by atoms with Crippen molar-refractivity contribution in [2.24, 2.45) is 11.7 Å². The van der Waals surface area contributed by atoms with Crippen LogP contribution in [-0.2, 0) is 9.59 Å². The summed E-state index contributed by atoms with van der Waals surface area (Å²) in [5, 5.41) is 0. The fraction of sp³-hybridized carbons (Fsp3) is 0.619. The molecule has 2 heterocycles. The lowest BCUT2D eigenvalue weighted by Gasteiger charge is -2.42. The van der Waals surface area contributed by atoms with E-state index in [0.717, 1.165) is 31.0 Å². The monoisotopic (exact) mass is 389 g/mol. The van der Waals surface area contributed by atoms with E-state index in [1.165, 1.54) is 0 Å². The number of hydrogen-bond acceptors (Lipinski definition) is 5. The summed E-state index contributed by atoms with van der Waals surface area (Å²) in [6, 6.07) is 7.63. The quantitative estimate of drug-likeness (QED) is 0.766. The second-order valence-electron chi connectivity index (χ2n) is 8.08. The van der Waals surface area contributed by atoms with E-state index in [1.807, 2.05) is 43.0 Å². The molecule has 2 unspecified atom stereocenters. The van der Waals surface area contributed by atoms with Crippen LogP contribution in [0, 0.1) is 5.92 Å². The molecule has 7 heteroatoms. The Balaban J connectivity index is 1.55. The number of primary amides is 1. The van der Waals surface area contributed by atoms with Crippen LogP contribution in [0.3, 0.4) is 0 Å². The number of para-hydroxylation sites is 2. The third kappa shape index (κ3) is 5.38. The smallest absolute Gasteiger partial charge is 0.222 e. The first-order valence-electron chi connectivity index (χ1n) is 10.1. The first kappa shape index (κ1) is 20.5. The average molecular weight is 389 g/mol. The SMILES string of the molecule is CC(C)CC(=O)N1CCN(CCC2COc3ccccc3O2)C(CC(N)=O)C1. The predicted octanol–water partition coefficient (Wildman–Crippen LogP) is 1.65. The van der Waals surface area contributed by atoms with Crippen molar-refractivity contribution in [2.45, 2.75) is 45.3 Å². The standard InChI is InChI=1S/C21H31N3O4/c1-15(2)11-21(26)24-10-9-23(16(13-24)12-20(22)25)8-7-17-14-27-18-5-3-4-6-19(18)28-17/h3-6,15-17H,7-14H2,1-2H3,(H2,22,25). The highest BCUT2D eigenvalue weighted by atomic mass is 16.6. The van der Waals surface area contributed by atoms with Gasteiger partial charge in [-0.2, -0.15) is 0 Å². The molecule has 7 nitrogen and oxygen atoms in total. The highest BCUT2D eigenvalue weighted by Gasteiger charge is 2.31. The van der Waals surface area contributed by atoms with Crippen LogP contribution in [0.15, 0.2) is 24.3 Å². The van der Waals surface area contributed by atoms with Crippen molar-refractivity contribution in [3.63, 3.8) is 0 Å². The molecule has 0 aromatic heterocycles. The molecule has 1 aromatic rings. The largest absolute Gasteiger partial charge is 0.486 e. The molecule has 2 atom stereocenters. The number of amides is 2.